The molecule has 82 valence electrons. The van der Waals surface area contributed by atoms with Crippen LogP contribution in [0.15, 0.2) is 23.3 Å². The van der Waals surface area contributed by atoms with Gasteiger partial charge in [0.1, 0.15) is 6.04 Å². The van der Waals surface area contributed by atoms with E-state index in [9.17, 15) is 5.26 Å². The molecule has 2 unspecified atom stereocenters. The molecule has 0 spiro atoms. The van der Waals surface area contributed by atoms with Crippen LogP contribution in [-0.4, -0.2) is 24.0 Å². The zero-order valence-corrected chi connectivity index (χ0v) is 10.3. The molecule has 0 saturated heterocycles. The van der Waals surface area contributed by atoms with Gasteiger partial charge in [-0.3, -0.25) is 4.90 Å². The summed E-state index contributed by atoms with van der Waals surface area (Å²) in [5, 5.41) is 9.21. The Balaban J connectivity index is 3.22. The van der Waals surface area contributed by atoms with Crippen LogP contribution in [0.3, 0.4) is 0 Å². The van der Waals surface area contributed by atoms with Crippen molar-refractivity contribution in [3.63, 3.8) is 0 Å². The van der Waals surface area contributed by atoms with E-state index >= 15 is 0 Å². The first-order valence-electron chi connectivity index (χ1n) is 5.52. The first-order chi connectivity index (χ1) is 7.04. The summed E-state index contributed by atoms with van der Waals surface area (Å²) < 4.78 is 0. The predicted molar refractivity (Wildman–Crippen MR) is 63.3 cm³/mol. The van der Waals surface area contributed by atoms with Crippen molar-refractivity contribution in [2.75, 3.05) is 7.05 Å². The lowest BCUT2D eigenvalue weighted by molar-refractivity contribution is 0.296. The van der Waals surface area contributed by atoms with Crippen molar-refractivity contribution < 1.29 is 0 Å². The summed E-state index contributed by atoms with van der Waals surface area (Å²) in [6.07, 6.45) is 4.20. The first-order valence-corrected chi connectivity index (χ1v) is 5.52. The number of likely N-dealkylation sites (N-methyl/N-ethyl adjacent to an activating group) is 1. The number of hydrogen-bond acceptors (Lipinski definition) is 2. The molecule has 2 heteroatoms. The fourth-order valence-electron chi connectivity index (χ4n) is 2.29. The van der Waals surface area contributed by atoms with Crippen molar-refractivity contribution in [2.24, 2.45) is 5.92 Å². The van der Waals surface area contributed by atoms with E-state index < -0.39 is 0 Å². The highest BCUT2D eigenvalue weighted by Gasteiger charge is 2.35. The molecule has 1 rings (SSSR count). The van der Waals surface area contributed by atoms with Gasteiger partial charge >= 0.3 is 0 Å². The summed E-state index contributed by atoms with van der Waals surface area (Å²) in [7, 11) is 2.03. The molecule has 0 aromatic carbocycles. The van der Waals surface area contributed by atoms with Gasteiger partial charge in [-0.1, -0.05) is 26.0 Å². The maximum absolute atomic E-state index is 9.21. The minimum absolute atomic E-state index is 0.0498. The van der Waals surface area contributed by atoms with E-state index in [1.54, 1.807) is 0 Å². The Morgan fingerprint density at radius 3 is 2.47 bits per heavy atom. The maximum Gasteiger partial charge on any atom is 0.120 e. The summed E-state index contributed by atoms with van der Waals surface area (Å²) in [5.74, 6) is 0.438. The highest BCUT2D eigenvalue weighted by Crippen LogP contribution is 2.34. The van der Waals surface area contributed by atoms with E-state index in [0.717, 1.165) is 0 Å². The van der Waals surface area contributed by atoms with Crippen molar-refractivity contribution in [1.82, 2.24) is 4.90 Å². The van der Waals surface area contributed by atoms with Crippen LogP contribution in [0, 0.1) is 17.2 Å². The van der Waals surface area contributed by atoms with Gasteiger partial charge in [0.05, 0.1) is 6.07 Å². The molecule has 0 radical (unpaired) electrons. The molecule has 1 aliphatic heterocycles. The second-order valence-electron chi connectivity index (χ2n) is 4.44. The molecule has 0 aromatic heterocycles. The van der Waals surface area contributed by atoms with E-state index in [1.165, 1.54) is 11.1 Å². The third-order valence-electron chi connectivity index (χ3n) is 3.19. The van der Waals surface area contributed by atoms with Gasteiger partial charge in [-0.15, -0.1) is 0 Å². The Hall–Kier alpha value is -1.07. The largest absolute Gasteiger partial charge is 0.281 e. The van der Waals surface area contributed by atoms with Crippen molar-refractivity contribution >= 4 is 0 Å². The molecule has 15 heavy (non-hydrogen) atoms. The lowest BCUT2D eigenvalue weighted by Crippen LogP contribution is -2.32. The second-order valence-corrected chi connectivity index (χ2v) is 4.44. The Kier molecular flexibility index (Phi) is 3.71. The van der Waals surface area contributed by atoms with E-state index in [1.807, 2.05) is 14.0 Å². The minimum atomic E-state index is -0.0498. The highest BCUT2D eigenvalue weighted by molar-refractivity contribution is 5.42. The van der Waals surface area contributed by atoms with Gasteiger partial charge < -0.3 is 0 Å². The topological polar surface area (TPSA) is 27.0 Å². The van der Waals surface area contributed by atoms with Crippen LogP contribution in [0.1, 0.15) is 27.7 Å². The van der Waals surface area contributed by atoms with Gasteiger partial charge in [0, 0.05) is 6.04 Å². The lowest BCUT2D eigenvalue weighted by Gasteiger charge is -2.21. The predicted octanol–water partition coefficient (Wildman–Crippen LogP) is 2.74. The Labute approximate surface area is 92.9 Å². The van der Waals surface area contributed by atoms with Crippen LogP contribution in [0.25, 0.3) is 0 Å². The van der Waals surface area contributed by atoms with Crippen LogP contribution >= 0.6 is 0 Å². The molecule has 0 aliphatic carbocycles. The fourth-order valence-corrected chi connectivity index (χ4v) is 2.29. The molecule has 1 heterocycles. The van der Waals surface area contributed by atoms with Crippen LogP contribution < -0.4 is 0 Å². The molecular formula is C13H20N2. The molecule has 0 fully saturated rings. The molecule has 0 saturated carbocycles. The van der Waals surface area contributed by atoms with Crippen molar-refractivity contribution in [3.8, 4) is 6.07 Å². The molecule has 2 atom stereocenters. The highest BCUT2D eigenvalue weighted by atomic mass is 15.2. The second kappa shape index (κ2) is 4.63. The third kappa shape index (κ3) is 1.98. The van der Waals surface area contributed by atoms with Gasteiger partial charge in [0.15, 0.2) is 0 Å². The number of nitrogens with zero attached hydrogens (tertiary/aromatic N) is 2. The van der Waals surface area contributed by atoms with E-state index in [4.69, 9.17) is 0 Å². The number of nitriles is 1. The van der Waals surface area contributed by atoms with Gasteiger partial charge in [-0.05, 0) is 38.0 Å². The van der Waals surface area contributed by atoms with Crippen molar-refractivity contribution in [2.45, 2.75) is 39.8 Å². The van der Waals surface area contributed by atoms with Crippen LogP contribution in [-0.2, 0) is 0 Å². The monoisotopic (exact) mass is 204 g/mol. The van der Waals surface area contributed by atoms with Gasteiger partial charge in [-0.25, -0.2) is 0 Å². The number of rotatable bonds is 2. The van der Waals surface area contributed by atoms with E-state index in [2.05, 4.69) is 43.9 Å². The molecule has 0 aromatic rings. The van der Waals surface area contributed by atoms with Gasteiger partial charge in [-0.2, -0.15) is 5.26 Å². The number of allylic oxidation sites excluding steroid dienone is 1. The summed E-state index contributed by atoms with van der Waals surface area (Å²) in [4.78, 5) is 2.14. The summed E-state index contributed by atoms with van der Waals surface area (Å²) in [6.45, 7) is 8.51. The zero-order chi connectivity index (χ0) is 11.6. The smallest absolute Gasteiger partial charge is 0.120 e. The van der Waals surface area contributed by atoms with E-state index in [-0.39, 0.29) is 6.04 Å². The number of hydrogen-bond donors (Lipinski definition) is 0. The Morgan fingerprint density at radius 1 is 1.47 bits per heavy atom. The zero-order valence-electron chi connectivity index (χ0n) is 10.3. The van der Waals surface area contributed by atoms with Crippen LogP contribution in [0.5, 0.6) is 0 Å². The Bertz CT molecular complexity index is 331. The molecule has 2 nitrogen and oxygen atoms in total. The first kappa shape index (κ1) is 12.0. The van der Waals surface area contributed by atoms with Gasteiger partial charge in [0.25, 0.3) is 0 Å². The SMILES string of the molecule is C/C=C\C1=C(C(C)C)C(C#N)N(C)C1C. The lowest BCUT2D eigenvalue weighted by atomic mass is 9.93. The van der Waals surface area contributed by atoms with Crippen molar-refractivity contribution in [1.29, 1.82) is 5.26 Å². The average molecular weight is 204 g/mol. The minimum Gasteiger partial charge on any atom is -0.281 e. The molecule has 0 amide bonds. The summed E-state index contributed by atoms with van der Waals surface area (Å²) >= 11 is 0. The quantitative estimate of drug-likeness (QED) is 0.691. The Morgan fingerprint density at radius 2 is 2.07 bits per heavy atom. The maximum atomic E-state index is 9.21. The van der Waals surface area contributed by atoms with Crippen LogP contribution in [0.2, 0.25) is 0 Å². The van der Waals surface area contributed by atoms with Crippen LogP contribution in [0.4, 0.5) is 0 Å². The average Bonchev–Trinajstić information content (AvgIpc) is 2.42. The van der Waals surface area contributed by atoms with E-state index in [0.29, 0.717) is 12.0 Å². The molecule has 1 aliphatic rings. The summed E-state index contributed by atoms with van der Waals surface area (Å²) in [5.41, 5.74) is 2.60. The van der Waals surface area contributed by atoms with Crippen molar-refractivity contribution in [3.05, 3.63) is 23.3 Å². The summed E-state index contributed by atoms with van der Waals surface area (Å²) in [6, 6.07) is 2.70. The molecule has 0 bridgehead atoms. The van der Waals surface area contributed by atoms with Gasteiger partial charge in [0.2, 0.25) is 0 Å². The normalized spacial score (nSPS) is 28.1. The molecule has 0 N–H and O–H groups in total. The third-order valence-corrected chi connectivity index (χ3v) is 3.19. The molecular weight excluding hydrogens is 184 g/mol. The standard InChI is InChI=1S/C13H20N2/c1-6-7-11-10(4)15(5)12(8-14)13(11)9(2)3/h6-7,9-10,12H,1-5H3/b7-6-. The fraction of sp³-hybridized carbons (Fsp3) is 0.615.